The molecule has 1 rings (SSSR count). The largest absolute Gasteiger partial charge is 0.465 e. The predicted molar refractivity (Wildman–Crippen MR) is 86.3 cm³/mol. The van der Waals surface area contributed by atoms with Crippen molar-refractivity contribution in [3.8, 4) is 6.07 Å². The van der Waals surface area contributed by atoms with Crippen molar-refractivity contribution in [3.05, 3.63) is 12.2 Å². The Morgan fingerprint density at radius 3 is 2.91 bits per heavy atom. The molecule has 5 heteroatoms. The van der Waals surface area contributed by atoms with Gasteiger partial charge in [0.1, 0.15) is 12.4 Å². The molecule has 3 atom stereocenters. The van der Waals surface area contributed by atoms with Gasteiger partial charge < -0.3 is 9.84 Å². The fourth-order valence-corrected chi connectivity index (χ4v) is 2.88. The lowest BCUT2D eigenvalue weighted by Crippen LogP contribution is -2.22. The van der Waals surface area contributed by atoms with Crippen LogP contribution in [0.25, 0.3) is 0 Å². The van der Waals surface area contributed by atoms with Crippen LogP contribution in [0, 0.1) is 23.2 Å². The summed E-state index contributed by atoms with van der Waals surface area (Å²) >= 11 is 0. The molecule has 0 saturated heterocycles. The Morgan fingerprint density at radius 2 is 2.22 bits per heavy atom. The van der Waals surface area contributed by atoms with Crippen molar-refractivity contribution in [2.45, 2.75) is 64.4 Å². The van der Waals surface area contributed by atoms with Gasteiger partial charge in [0.2, 0.25) is 0 Å². The lowest BCUT2D eigenvalue weighted by molar-refractivity contribution is -0.146. The summed E-state index contributed by atoms with van der Waals surface area (Å²) < 4.78 is 4.93. The van der Waals surface area contributed by atoms with Gasteiger partial charge in [-0.15, -0.1) is 0 Å². The van der Waals surface area contributed by atoms with E-state index in [1.165, 1.54) is 19.3 Å². The first-order chi connectivity index (χ1) is 11.1. The third-order valence-corrected chi connectivity index (χ3v) is 4.18. The zero-order valence-electron chi connectivity index (χ0n) is 13.9. The van der Waals surface area contributed by atoms with Crippen LogP contribution in [0.3, 0.4) is 0 Å². The second kappa shape index (κ2) is 11.0. The van der Waals surface area contributed by atoms with Crippen LogP contribution < -0.4 is 0 Å². The number of Topliss-reactive ketones (excluding diaryl/α,β-unsaturated/α-hetero) is 1. The van der Waals surface area contributed by atoms with E-state index in [2.05, 4.69) is 6.92 Å². The number of esters is 1. The standard InChI is InChI=1S/C18H27NO4/c1-2-3-4-5-6-7-9-14-15(17(21)13-16(14)20)12-18(22)23-11-8-10-19/h7,9,14-16,20H,2-6,8,11-13H2,1H3/b9-7+/t14-,15-,16-/m1/s1. The summed E-state index contributed by atoms with van der Waals surface area (Å²) in [6, 6.07) is 1.89. The molecule has 0 aromatic carbocycles. The van der Waals surface area contributed by atoms with Gasteiger partial charge in [-0.3, -0.25) is 9.59 Å². The lowest BCUT2D eigenvalue weighted by atomic mass is 9.90. The summed E-state index contributed by atoms with van der Waals surface area (Å²) in [6.07, 6.45) is 9.02. The highest BCUT2D eigenvalue weighted by Gasteiger charge is 2.41. The minimum absolute atomic E-state index is 0.0217. The van der Waals surface area contributed by atoms with Gasteiger partial charge in [0.05, 0.1) is 25.0 Å². The Balaban J connectivity index is 2.47. The summed E-state index contributed by atoms with van der Waals surface area (Å²) in [4.78, 5) is 23.7. The highest BCUT2D eigenvalue weighted by molar-refractivity contribution is 5.88. The quantitative estimate of drug-likeness (QED) is 0.380. The molecule has 0 unspecified atom stereocenters. The molecule has 1 saturated carbocycles. The maximum absolute atomic E-state index is 12.0. The van der Waals surface area contributed by atoms with Crippen LogP contribution in [0.15, 0.2) is 12.2 Å². The van der Waals surface area contributed by atoms with E-state index in [-0.39, 0.29) is 37.6 Å². The monoisotopic (exact) mass is 321 g/mol. The third kappa shape index (κ3) is 6.96. The molecule has 0 amide bonds. The van der Waals surface area contributed by atoms with Crippen LogP contribution >= 0.6 is 0 Å². The van der Waals surface area contributed by atoms with Gasteiger partial charge in [-0.1, -0.05) is 38.3 Å². The summed E-state index contributed by atoms with van der Waals surface area (Å²) in [5.41, 5.74) is 0. The van der Waals surface area contributed by atoms with E-state index in [4.69, 9.17) is 10.00 Å². The Hall–Kier alpha value is -1.67. The zero-order chi connectivity index (χ0) is 17.1. The molecule has 1 fully saturated rings. The summed E-state index contributed by atoms with van der Waals surface area (Å²) in [7, 11) is 0. The fourth-order valence-electron chi connectivity index (χ4n) is 2.88. The normalized spacial score (nSPS) is 24.0. The predicted octanol–water partition coefficient (Wildman–Crippen LogP) is 2.93. The topological polar surface area (TPSA) is 87.4 Å². The van der Waals surface area contributed by atoms with Crippen molar-refractivity contribution < 1.29 is 19.4 Å². The van der Waals surface area contributed by atoms with E-state index in [1.54, 1.807) is 0 Å². The molecule has 1 aliphatic carbocycles. The molecular weight excluding hydrogens is 294 g/mol. The Labute approximate surface area is 138 Å². The first-order valence-corrected chi connectivity index (χ1v) is 8.50. The van der Waals surface area contributed by atoms with Crippen molar-refractivity contribution in [3.63, 3.8) is 0 Å². The van der Waals surface area contributed by atoms with Gasteiger partial charge >= 0.3 is 5.97 Å². The average molecular weight is 321 g/mol. The molecular formula is C18H27NO4. The van der Waals surface area contributed by atoms with Crippen LogP contribution in [-0.4, -0.2) is 29.6 Å². The lowest BCUT2D eigenvalue weighted by Gasteiger charge is -2.16. The Morgan fingerprint density at radius 1 is 1.43 bits per heavy atom. The van der Waals surface area contributed by atoms with E-state index in [0.717, 1.165) is 12.8 Å². The Kier molecular flexibility index (Phi) is 9.23. The van der Waals surface area contributed by atoms with Crippen molar-refractivity contribution in [2.24, 2.45) is 11.8 Å². The number of aliphatic hydroxyl groups is 1. The van der Waals surface area contributed by atoms with Gasteiger partial charge in [0, 0.05) is 18.3 Å². The van der Waals surface area contributed by atoms with E-state index in [0.29, 0.717) is 0 Å². The molecule has 0 heterocycles. The van der Waals surface area contributed by atoms with Crippen LogP contribution in [0.2, 0.25) is 0 Å². The molecule has 128 valence electrons. The van der Waals surface area contributed by atoms with E-state index < -0.39 is 18.0 Å². The number of carbonyl (C=O) groups excluding carboxylic acids is 2. The third-order valence-electron chi connectivity index (χ3n) is 4.18. The number of hydrogen-bond donors (Lipinski definition) is 1. The number of carbonyl (C=O) groups is 2. The van der Waals surface area contributed by atoms with Gasteiger partial charge in [-0.05, 0) is 12.8 Å². The highest BCUT2D eigenvalue weighted by atomic mass is 16.5. The zero-order valence-corrected chi connectivity index (χ0v) is 13.9. The van der Waals surface area contributed by atoms with E-state index >= 15 is 0 Å². The first kappa shape index (κ1) is 19.4. The molecule has 23 heavy (non-hydrogen) atoms. The summed E-state index contributed by atoms with van der Waals surface area (Å²) in [6.45, 7) is 2.22. The maximum Gasteiger partial charge on any atom is 0.306 e. The number of nitriles is 1. The van der Waals surface area contributed by atoms with Crippen molar-refractivity contribution in [1.29, 1.82) is 5.26 Å². The van der Waals surface area contributed by atoms with Gasteiger partial charge in [-0.25, -0.2) is 0 Å². The fraction of sp³-hybridized carbons (Fsp3) is 0.722. The van der Waals surface area contributed by atoms with Crippen LogP contribution in [0.1, 0.15) is 58.3 Å². The van der Waals surface area contributed by atoms with Crippen LogP contribution in [0.4, 0.5) is 0 Å². The maximum atomic E-state index is 12.0. The summed E-state index contributed by atoms with van der Waals surface area (Å²) in [5.74, 6) is -1.38. The first-order valence-electron chi connectivity index (χ1n) is 8.50. The van der Waals surface area contributed by atoms with Gasteiger partial charge in [-0.2, -0.15) is 5.26 Å². The molecule has 1 aliphatic rings. The molecule has 5 nitrogen and oxygen atoms in total. The van der Waals surface area contributed by atoms with Crippen molar-refractivity contribution >= 4 is 11.8 Å². The molecule has 0 radical (unpaired) electrons. The van der Waals surface area contributed by atoms with E-state index in [1.807, 2.05) is 18.2 Å². The second-order valence-electron chi connectivity index (χ2n) is 6.03. The minimum Gasteiger partial charge on any atom is -0.465 e. The number of nitrogens with zero attached hydrogens (tertiary/aromatic N) is 1. The number of aliphatic hydroxyl groups excluding tert-OH is 1. The molecule has 0 bridgehead atoms. The van der Waals surface area contributed by atoms with Crippen molar-refractivity contribution in [1.82, 2.24) is 0 Å². The van der Waals surface area contributed by atoms with Crippen LogP contribution in [-0.2, 0) is 14.3 Å². The molecule has 0 aromatic heterocycles. The molecule has 1 N–H and O–H groups in total. The number of unbranched alkanes of at least 4 members (excludes halogenated alkanes) is 4. The SMILES string of the molecule is CCCCCC/C=C/[C@H]1[C@H](O)CC(=O)[C@@H]1CC(=O)OCCC#N. The number of ether oxygens (including phenoxy) is 1. The highest BCUT2D eigenvalue weighted by Crippen LogP contribution is 2.33. The van der Waals surface area contributed by atoms with Crippen molar-refractivity contribution in [2.75, 3.05) is 6.61 Å². The number of allylic oxidation sites excluding steroid dienone is 1. The summed E-state index contributed by atoms with van der Waals surface area (Å²) in [5, 5.41) is 18.4. The Bertz CT molecular complexity index is 452. The molecule has 0 spiro atoms. The van der Waals surface area contributed by atoms with Crippen LogP contribution in [0.5, 0.6) is 0 Å². The minimum atomic E-state index is -0.716. The molecule has 0 aromatic rings. The molecule has 0 aliphatic heterocycles. The average Bonchev–Trinajstić information content (AvgIpc) is 2.77. The van der Waals surface area contributed by atoms with Gasteiger partial charge in [0.25, 0.3) is 0 Å². The number of ketones is 1. The van der Waals surface area contributed by atoms with Gasteiger partial charge in [0.15, 0.2) is 0 Å². The smallest absolute Gasteiger partial charge is 0.306 e. The van der Waals surface area contributed by atoms with E-state index in [9.17, 15) is 14.7 Å². The number of hydrogen-bond acceptors (Lipinski definition) is 5. The second-order valence-corrected chi connectivity index (χ2v) is 6.03. The number of rotatable bonds is 10.